The average Bonchev–Trinajstić information content (AvgIpc) is 2.86. The topological polar surface area (TPSA) is 58.4 Å². The minimum Gasteiger partial charge on any atom is -0.393 e. The molecule has 0 aliphatic rings. The minimum atomic E-state index is -0.411. The Kier molecular flexibility index (Phi) is 4.98. The average molecular weight is 301 g/mol. The van der Waals surface area contributed by atoms with Gasteiger partial charge in [-0.05, 0) is 38.8 Å². The second kappa shape index (κ2) is 6.75. The van der Waals surface area contributed by atoms with Gasteiger partial charge in [-0.3, -0.25) is 4.79 Å². The Bertz CT molecular complexity index is 662. The van der Waals surface area contributed by atoms with Crippen LogP contribution in [0.25, 0.3) is 5.69 Å². The number of aromatic nitrogens is 2. The molecule has 1 atom stereocenters. The third-order valence-electron chi connectivity index (χ3n) is 3.81. The number of aliphatic hydroxyl groups is 1. The molecule has 2 rings (SSSR count). The van der Waals surface area contributed by atoms with E-state index in [-0.39, 0.29) is 5.91 Å². The zero-order chi connectivity index (χ0) is 16.3. The standard InChI is InChI=1S/C17H23N3O2/c1-12-7-5-6-8-16(12)20-14(3)15(11-18-20)17(22)19(4)10-9-13(2)21/h5-8,11,13,21H,9-10H2,1-4H3. The number of carbonyl (C=O) groups is 1. The molecule has 1 amide bonds. The summed E-state index contributed by atoms with van der Waals surface area (Å²) in [6, 6.07) is 7.95. The molecule has 0 spiro atoms. The van der Waals surface area contributed by atoms with Gasteiger partial charge >= 0.3 is 0 Å². The first-order chi connectivity index (χ1) is 10.4. The summed E-state index contributed by atoms with van der Waals surface area (Å²) in [5.41, 5.74) is 3.50. The van der Waals surface area contributed by atoms with Crippen LogP contribution in [0.15, 0.2) is 30.5 Å². The summed E-state index contributed by atoms with van der Waals surface area (Å²) >= 11 is 0. The molecule has 0 saturated heterocycles. The SMILES string of the molecule is Cc1ccccc1-n1ncc(C(=O)N(C)CCC(C)O)c1C. The van der Waals surface area contributed by atoms with Crippen LogP contribution in [-0.4, -0.2) is 45.4 Å². The maximum absolute atomic E-state index is 12.5. The summed E-state index contributed by atoms with van der Waals surface area (Å²) in [5.74, 6) is -0.0713. The van der Waals surface area contributed by atoms with Crippen LogP contribution in [0.2, 0.25) is 0 Å². The Hall–Kier alpha value is -2.14. The Morgan fingerprint density at radius 3 is 2.68 bits per heavy atom. The van der Waals surface area contributed by atoms with Crippen molar-refractivity contribution in [1.29, 1.82) is 0 Å². The molecule has 22 heavy (non-hydrogen) atoms. The number of nitrogens with zero attached hydrogens (tertiary/aromatic N) is 3. The summed E-state index contributed by atoms with van der Waals surface area (Å²) in [5, 5.41) is 13.7. The highest BCUT2D eigenvalue weighted by Crippen LogP contribution is 2.18. The lowest BCUT2D eigenvalue weighted by Crippen LogP contribution is -2.29. The fraction of sp³-hybridized carbons (Fsp3) is 0.412. The lowest BCUT2D eigenvalue weighted by Gasteiger charge is -2.18. The zero-order valence-electron chi connectivity index (χ0n) is 13.6. The van der Waals surface area contributed by atoms with Crippen LogP contribution >= 0.6 is 0 Å². The van der Waals surface area contributed by atoms with E-state index in [1.807, 2.05) is 38.1 Å². The van der Waals surface area contributed by atoms with Gasteiger partial charge in [0.1, 0.15) is 0 Å². The fourth-order valence-corrected chi connectivity index (χ4v) is 2.35. The van der Waals surface area contributed by atoms with Crippen molar-refractivity contribution in [1.82, 2.24) is 14.7 Å². The Morgan fingerprint density at radius 2 is 2.05 bits per heavy atom. The number of benzene rings is 1. The molecule has 0 aliphatic carbocycles. The molecular weight excluding hydrogens is 278 g/mol. The zero-order valence-corrected chi connectivity index (χ0v) is 13.6. The third-order valence-corrected chi connectivity index (χ3v) is 3.81. The lowest BCUT2D eigenvalue weighted by molar-refractivity contribution is 0.0768. The van der Waals surface area contributed by atoms with Crippen LogP contribution in [-0.2, 0) is 0 Å². The van der Waals surface area contributed by atoms with Crippen molar-refractivity contribution in [3.63, 3.8) is 0 Å². The van der Waals surface area contributed by atoms with Gasteiger partial charge in [0.25, 0.3) is 5.91 Å². The molecule has 118 valence electrons. The Balaban J connectivity index is 2.24. The van der Waals surface area contributed by atoms with E-state index < -0.39 is 6.10 Å². The van der Waals surface area contributed by atoms with Gasteiger partial charge in [-0.15, -0.1) is 0 Å². The first kappa shape index (κ1) is 16.2. The summed E-state index contributed by atoms with van der Waals surface area (Å²) in [6.07, 6.45) is 1.77. The van der Waals surface area contributed by atoms with Crippen molar-refractivity contribution in [3.8, 4) is 5.69 Å². The highest BCUT2D eigenvalue weighted by molar-refractivity contribution is 5.95. The van der Waals surface area contributed by atoms with Gasteiger partial charge in [-0.2, -0.15) is 5.10 Å². The predicted molar refractivity (Wildman–Crippen MR) is 86.3 cm³/mol. The van der Waals surface area contributed by atoms with E-state index in [4.69, 9.17) is 0 Å². The maximum atomic E-state index is 12.5. The quantitative estimate of drug-likeness (QED) is 0.922. The molecule has 5 nitrogen and oxygen atoms in total. The summed E-state index contributed by atoms with van der Waals surface area (Å²) in [7, 11) is 1.75. The first-order valence-electron chi connectivity index (χ1n) is 7.46. The number of amides is 1. The lowest BCUT2D eigenvalue weighted by atomic mass is 10.2. The van der Waals surface area contributed by atoms with Crippen molar-refractivity contribution in [2.75, 3.05) is 13.6 Å². The number of rotatable bonds is 5. The molecule has 5 heteroatoms. The molecule has 0 aliphatic heterocycles. The van der Waals surface area contributed by atoms with Crippen molar-refractivity contribution >= 4 is 5.91 Å². The van der Waals surface area contributed by atoms with Crippen molar-refractivity contribution < 1.29 is 9.90 Å². The van der Waals surface area contributed by atoms with Gasteiger partial charge in [-0.1, -0.05) is 18.2 Å². The number of carbonyl (C=O) groups excluding carboxylic acids is 1. The van der Waals surface area contributed by atoms with Crippen molar-refractivity contribution in [3.05, 3.63) is 47.3 Å². The van der Waals surface area contributed by atoms with E-state index in [1.165, 1.54) is 0 Å². The van der Waals surface area contributed by atoms with Gasteiger partial charge in [0, 0.05) is 13.6 Å². The van der Waals surface area contributed by atoms with Gasteiger partial charge < -0.3 is 10.0 Å². The molecule has 0 fully saturated rings. The largest absolute Gasteiger partial charge is 0.393 e. The number of aliphatic hydroxyl groups excluding tert-OH is 1. The van der Waals surface area contributed by atoms with Crippen LogP contribution in [0.4, 0.5) is 0 Å². The summed E-state index contributed by atoms with van der Waals surface area (Å²) in [6.45, 7) is 6.16. The van der Waals surface area contributed by atoms with Crippen LogP contribution in [0.3, 0.4) is 0 Å². The van der Waals surface area contributed by atoms with Crippen LogP contribution in [0.1, 0.15) is 35.0 Å². The number of hydrogen-bond donors (Lipinski definition) is 1. The molecule has 2 aromatic rings. The molecule has 0 saturated carbocycles. The van der Waals surface area contributed by atoms with E-state index in [0.717, 1.165) is 16.9 Å². The number of hydrogen-bond acceptors (Lipinski definition) is 3. The normalized spacial score (nSPS) is 12.2. The van der Waals surface area contributed by atoms with Gasteiger partial charge in [0.15, 0.2) is 0 Å². The third kappa shape index (κ3) is 3.36. The smallest absolute Gasteiger partial charge is 0.257 e. The van der Waals surface area contributed by atoms with Gasteiger partial charge in [0.05, 0.1) is 29.2 Å². The molecule has 1 unspecified atom stereocenters. The number of aryl methyl sites for hydroxylation is 1. The second-order valence-corrected chi connectivity index (χ2v) is 5.71. The van der Waals surface area contributed by atoms with E-state index in [1.54, 1.807) is 29.7 Å². The summed E-state index contributed by atoms with van der Waals surface area (Å²) in [4.78, 5) is 14.1. The minimum absolute atomic E-state index is 0.0713. The van der Waals surface area contributed by atoms with E-state index in [0.29, 0.717) is 18.5 Å². The molecule has 1 heterocycles. The molecule has 1 N–H and O–H groups in total. The van der Waals surface area contributed by atoms with Crippen LogP contribution in [0, 0.1) is 13.8 Å². The van der Waals surface area contributed by atoms with Gasteiger partial charge in [-0.25, -0.2) is 4.68 Å². The van der Waals surface area contributed by atoms with E-state index in [9.17, 15) is 9.90 Å². The molecule has 0 radical (unpaired) electrons. The molecule has 1 aromatic carbocycles. The van der Waals surface area contributed by atoms with Gasteiger partial charge in [0.2, 0.25) is 0 Å². The maximum Gasteiger partial charge on any atom is 0.257 e. The monoisotopic (exact) mass is 301 g/mol. The van der Waals surface area contributed by atoms with E-state index in [2.05, 4.69) is 5.10 Å². The Labute approximate surface area is 131 Å². The molecular formula is C17H23N3O2. The highest BCUT2D eigenvalue weighted by Gasteiger charge is 2.19. The molecule has 1 aromatic heterocycles. The van der Waals surface area contributed by atoms with E-state index >= 15 is 0 Å². The second-order valence-electron chi connectivity index (χ2n) is 5.71. The van der Waals surface area contributed by atoms with Crippen LogP contribution < -0.4 is 0 Å². The summed E-state index contributed by atoms with van der Waals surface area (Å²) < 4.78 is 1.80. The Morgan fingerprint density at radius 1 is 1.36 bits per heavy atom. The predicted octanol–water partition coefficient (Wildman–Crippen LogP) is 2.33. The first-order valence-corrected chi connectivity index (χ1v) is 7.46. The van der Waals surface area contributed by atoms with Crippen LogP contribution in [0.5, 0.6) is 0 Å². The van der Waals surface area contributed by atoms with Crippen molar-refractivity contribution in [2.24, 2.45) is 0 Å². The number of para-hydroxylation sites is 1. The molecule has 0 bridgehead atoms. The van der Waals surface area contributed by atoms with Crippen molar-refractivity contribution in [2.45, 2.75) is 33.3 Å². The highest BCUT2D eigenvalue weighted by atomic mass is 16.3. The fourth-order valence-electron chi connectivity index (χ4n) is 2.35.